The van der Waals surface area contributed by atoms with Crippen LogP contribution in [0.2, 0.25) is 0 Å². The first-order valence-corrected chi connectivity index (χ1v) is 6.22. The molecule has 0 N–H and O–H groups in total. The lowest BCUT2D eigenvalue weighted by Crippen LogP contribution is -2.20. The Labute approximate surface area is 114 Å². The van der Waals surface area contributed by atoms with Crippen LogP contribution in [0.5, 0.6) is 0 Å². The van der Waals surface area contributed by atoms with Crippen LogP contribution in [-0.4, -0.2) is 5.91 Å². The molecule has 86 valence electrons. The number of rotatable bonds is 2. The number of carbonyl (C=O) groups is 1. The van der Waals surface area contributed by atoms with Crippen LogP contribution in [0.15, 0.2) is 59.1 Å². The lowest BCUT2D eigenvalue weighted by Gasteiger charge is -2.15. The van der Waals surface area contributed by atoms with Crippen molar-refractivity contribution in [2.75, 3.05) is 4.31 Å². The SMILES string of the molecule is O=C(c1ccccc1)N(S)c1ccc(Br)cc1. The number of anilines is 1. The third kappa shape index (κ3) is 2.90. The Hall–Kier alpha value is -1.26. The van der Waals surface area contributed by atoms with Crippen molar-refractivity contribution in [1.82, 2.24) is 0 Å². The molecule has 0 atom stereocenters. The van der Waals surface area contributed by atoms with Crippen molar-refractivity contribution in [3.8, 4) is 0 Å². The van der Waals surface area contributed by atoms with Crippen molar-refractivity contribution in [2.24, 2.45) is 0 Å². The Morgan fingerprint density at radius 1 is 1.00 bits per heavy atom. The van der Waals surface area contributed by atoms with Gasteiger partial charge in [-0.05, 0) is 36.4 Å². The molecule has 0 fully saturated rings. The average molecular weight is 308 g/mol. The molecule has 0 bridgehead atoms. The van der Waals surface area contributed by atoms with Gasteiger partial charge in [0.15, 0.2) is 0 Å². The predicted molar refractivity (Wildman–Crippen MR) is 76.4 cm³/mol. The summed E-state index contributed by atoms with van der Waals surface area (Å²) in [7, 11) is 0. The van der Waals surface area contributed by atoms with E-state index in [-0.39, 0.29) is 5.91 Å². The molecule has 0 aliphatic rings. The molecule has 0 saturated heterocycles. The molecule has 2 nitrogen and oxygen atoms in total. The number of amides is 1. The molecule has 4 heteroatoms. The van der Waals surface area contributed by atoms with Gasteiger partial charge in [0.25, 0.3) is 5.91 Å². The topological polar surface area (TPSA) is 20.3 Å². The van der Waals surface area contributed by atoms with Gasteiger partial charge in [-0.15, -0.1) is 0 Å². The predicted octanol–water partition coefficient (Wildman–Crippen LogP) is 3.94. The van der Waals surface area contributed by atoms with Crippen LogP contribution < -0.4 is 4.31 Å². The maximum atomic E-state index is 12.1. The van der Waals surface area contributed by atoms with E-state index in [2.05, 4.69) is 28.7 Å². The first kappa shape index (κ1) is 12.2. The molecule has 0 radical (unpaired) electrons. The van der Waals surface area contributed by atoms with E-state index in [1.807, 2.05) is 42.5 Å². The van der Waals surface area contributed by atoms with Gasteiger partial charge >= 0.3 is 0 Å². The Bertz CT molecular complexity index is 513. The molecule has 2 aromatic carbocycles. The molecule has 1 amide bonds. The minimum Gasteiger partial charge on any atom is -0.268 e. The van der Waals surface area contributed by atoms with Crippen molar-refractivity contribution in [2.45, 2.75) is 0 Å². The van der Waals surface area contributed by atoms with Gasteiger partial charge < -0.3 is 0 Å². The number of hydrogen-bond acceptors (Lipinski definition) is 2. The largest absolute Gasteiger partial charge is 0.268 e. The zero-order valence-corrected chi connectivity index (χ0v) is 11.4. The zero-order valence-electron chi connectivity index (χ0n) is 8.88. The average Bonchev–Trinajstić information content (AvgIpc) is 2.39. The van der Waals surface area contributed by atoms with Crippen LogP contribution in [-0.2, 0) is 0 Å². The Morgan fingerprint density at radius 2 is 1.59 bits per heavy atom. The fraction of sp³-hybridized carbons (Fsp3) is 0. The first-order valence-electron chi connectivity index (χ1n) is 5.02. The van der Waals surface area contributed by atoms with Crippen molar-refractivity contribution >= 4 is 40.3 Å². The molecule has 2 aromatic rings. The fourth-order valence-corrected chi connectivity index (χ4v) is 1.92. The van der Waals surface area contributed by atoms with Gasteiger partial charge in [-0.25, -0.2) is 0 Å². The molecular weight excluding hydrogens is 298 g/mol. The highest BCUT2D eigenvalue weighted by Gasteiger charge is 2.13. The minimum atomic E-state index is -0.142. The van der Waals surface area contributed by atoms with E-state index < -0.39 is 0 Å². The lowest BCUT2D eigenvalue weighted by molar-refractivity contribution is 0.101. The maximum absolute atomic E-state index is 12.1. The summed E-state index contributed by atoms with van der Waals surface area (Å²) in [5, 5.41) is 0. The Kier molecular flexibility index (Phi) is 3.86. The highest BCUT2D eigenvalue weighted by molar-refractivity contribution is 9.10. The first-order chi connectivity index (χ1) is 8.18. The number of carbonyl (C=O) groups excluding carboxylic acids is 1. The molecule has 0 heterocycles. The second-order valence-corrected chi connectivity index (χ2v) is 4.78. The van der Waals surface area contributed by atoms with Crippen LogP contribution in [0, 0.1) is 0 Å². The molecule has 0 saturated carbocycles. The highest BCUT2D eigenvalue weighted by atomic mass is 79.9. The smallest absolute Gasteiger partial charge is 0.268 e. The van der Waals surface area contributed by atoms with Crippen molar-refractivity contribution in [3.63, 3.8) is 0 Å². The second kappa shape index (κ2) is 5.38. The van der Waals surface area contributed by atoms with E-state index in [0.717, 1.165) is 10.2 Å². The van der Waals surface area contributed by atoms with Crippen molar-refractivity contribution < 1.29 is 4.79 Å². The number of nitrogens with zero attached hydrogens (tertiary/aromatic N) is 1. The molecule has 0 spiro atoms. The van der Waals surface area contributed by atoms with Crippen molar-refractivity contribution in [1.29, 1.82) is 0 Å². The molecule has 0 aliphatic heterocycles. The molecular formula is C13H10BrNOS. The van der Waals surface area contributed by atoms with Gasteiger partial charge in [0, 0.05) is 10.0 Å². The van der Waals surface area contributed by atoms with Gasteiger partial charge in [0.05, 0.1) is 5.69 Å². The van der Waals surface area contributed by atoms with Crippen LogP contribution >= 0.6 is 28.7 Å². The minimum absolute atomic E-state index is 0.142. The summed E-state index contributed by atoms with van der Waals surface area (Å²) in [4.78, 5) is 12.1. The highest BCUT2D eigenvalue weighted by Crippen LogP contribution is 2.21. The zero-order chi connectivity index (χ0) is 12.3. The van der Waals surface area contributed by atoms with Gasteiger partial charge in [0.2, 0.25) is 0 Å². The monoisotopic (exact) mass is 307 g/mol. The number of halogens is 1. The Morgan fingerprint density at radius 3 is 2.18 bits per heavy atom. The third-order valence-corrected chi connectivity index (χ3v) is 3.23. The summed E-state index contributed by atoms with van der Waals surface area (Å²) in [5.41, 5.74) is 1.36. The molecule has 0 unspecified atom stereocenters. The molecule has 0 aliphatic carbocycles. The van der Waals surface area contributed by atoms with E-state index >= 15 is 0 Å². The van der Waals surface area contributed by atoms with Crippen LogP contribution in [0.25, 0.3) is 0 Å². The van der Waals surface area contributed by atoms with E-state index in [9.17, 15) is 4.79 Å². The standard InChI is InChI=1S/C13H10BrNOS/c14-11-6-8-12(9-7-11)15(17)13(16)10-4-2-1-3-5-10/h1-9,17H. The normalized spacial score (nSPS) is 10.0. The Balaban J connectivity index is 2.23. The van der Waals surface area contributed by atoms with Gasteiger partial charge in [-0.2, -0.15) is 0 Å². The van der Waals surface area contributed by atoms with E-state index in [0.29, 0.717) is 5.56 Å². The number of thiol groups is 1. The molecule has 17 heavy (non-hydrogen) atoms. The van der Waals surface area contributed by atoms with Crippen LogP contribution in [0.3, 0.4) is 0 Å². The summed E-state index contributed by atoms with van der Waals surface area (Å²) in [6.45, 7) is 0. The number of hydrogen-bond donors (Lipinski definition) is 1. The fourth-order valence-electron chi connectivity index (χ4n) is 1.40. The summed E-state index contributed by atoms with van der Waals surface area (Å²) in [5.74, 6) is -0.142. The van der Waals surface area contributed by atoms with Crippen LogP contribution in [0.1, 0.15) is 10.4 Å². The third-order valence-electron chi connectivity index (χ3n) is 2.28. The maximum Gasteiger partial charge on any atom is 0.268 e. The lowest BCUT2D eigenvalue weighted by atomic mass is 10.2. The second-order valence-electron chi connectivity index (χ2n) is 3.46. The van der Waals surface area contributed by atoms with E-state index in [1.165, 1.54) is 4.31 Å². The quantitative estimate of drug-likeness (QED) is 0.833. The van der Waals surface area contributed by atoms with Crippen LogP contribution in [0.4, 0.5) is 5.69 Å². The van der Waals surface area contributed by atoms with Crippen molar-refractivity contribution in [3.05, 3.63) is 64.6 Å². The van der Waals surface area contributed by atoms with E-state index in [4.69, 9.17) is 0 Å². The van der Waals surface area contributed by atoms with Gasteiger partial charge in [0.1, 0.15) is 0 Å². The number of benzene rings is 2. The molecule has 2 rings (SSSR count). The van der Waals surface area contributed by atoms with E-state index in [1.54, 1.807) is 12.1 Å². The molecule has 0 aromatic heterocycles. The summed E-state index contributed by atoms with van der Waals surface area (Å²) in [6, 6.07) is 16.5. The van der Waals surface area contributed by atoms with Gasteiger partial charge in [-0.1, -0.05) is 46.9 Å². The summed E-state index contributed by atoms with van der Waals surface area (Å²) < 4.78 is 2.30. The van der Waals surface area contributed by atoms with Gasteiger partial charge in [-0.3, -0.25) is 9.10 Å². The summed E-state index contributed by atoms with van der Waals surface area (Å²) >= 11 is 7.58. The summed E-state index contributed by atoms with van der Waals surface area (Å²) in [6.07, 6.45) is 0.